The zero-order chi connectivity index (χ0) is 11.3. The van der Waals surface area contributed by atoms with Crippen LogP contribution in [0.25, 0.3) is 0 Å². The monoisotopic (exact) mass is 211 g/mol. The van der Waals surface area contributed by atoms with E-state index in [2.05, 4.69) is 48.5 Å². The van der Waals surface area contributed by atoms with Crippen LogP contribution in [-0.2, 0) is 6.54 Å². The molecule has 5 heteroatoms. The summed E-state index contributed by atoms with van der Waals surface area (Å²) in [4.78, 5) is 0. The van der Waals surface area contributed by atoms with Crippen molar-refractivity contribution in [2.75, 3.05) is 6.54 Å². The van der Waals surface area contributed by atoms with E-state index >= 15 is 0 Å². The Balaban J connectivity index is 2.56. The lowest BCUT2D eigenvalue weighted by Crippen LogP contribution is -2.26. The highest BCUT2D eigenvalue weighted by atomic mass is 15.5. The van der Waals surface area contributed by atoms with Crippen molar-refractivity contribution in [3.63, 3.8) is 0 Å². The molecule has 0 aliphatic rings. The second kappa shape index (κ2) is 5.80. The molecule has 86 valence electrons. The first-order valence-electron chi connectivity index (χ1n) is 5.64. The van der Waals surface area contributed by atoms with Gasteiger partial charge in [-0.1, -0.05) is 20.8 Å². The number of nitrogens with zero attached hydrogens (tertiary/aromatic N) is 4. The Kier molecular flexibility index (Phi) is 4.68. The molecular formula is C10H21N5. The lowest BCUT2D eigenvalue weighted by atomic mass is 10.2. The van der Waals surface area contributed by atoms with Crippen molar-refractivity contribution >= 4 is 0 Å². The van der Waals surface area contributed by atoms with Gasteiger partial charge in [-0.05, 0) is 36.2 Å². The topological polar surface area (TPSA) is 55.6 Å². The molecular weight excluding hydrogens is 190 g/mol. The van der Waals surface area contributed by atoms with Crippen LogP contribution in [0.1, 0.15) is 46.0 Å². The number of hydrogen-bond donors (Lipinski definition) is 1. The molecule has 1 heterocycles. The van der Waals surface area contributed by atoms with E-state index in [0.717, 1.165) is 25.3 Å². The minimum Gasteiger partial charge on any atom is -0.307 e. The summed E-state index contributed by atoms with van der Waals surface area (Å²) >= 11 is 0. The highest BCUT2D eigenvalue weighted by Crippen LogP contribution is 2.08. The van der Waals surface area contributed by atoms with E-state index in [9.17, 15) is 0 Å². The van der Waals surface area contributed by atoms with E-state index in [1.807, 2.05) is 4.68 Å². The van der Waals surface area contributed by atoms with Crippen molar-refractivity contribution in [2.24, 2.45) is 5.92 Å². The fourth-order valence-electron chi connectivity index (χ4n) is 1.40. The van der Waals surface area contributed by atoms with Crippen LogP contribution in [0.5, 0.6) is 0 Å². The van der Waals surface area contributed by atoms with Crippen LogP contribution >= 0.6 is 0 Å². The lowest BCUT2D eigenvalue weighted by molar-refractivity contribution is 0.451. The molecule has 0 aromatic carbocycles. The minimum atomic E-state index is 0.217. The van der Waals surface area contributed by atoms with E-state index in [1.54, 1.807) is 0 Å². The molecule has 0 amide bonds. The van der Waals surface area contributed by atoms with Crippen molar-refractivity contribution in [1.29, 1.82) is 0 Å². The Morgan fingerprint density at radius 2 is 2.07 bits per heavy atom. The molecule has 0 aliphatic carbocycles. The van der Waals surface area contributed by atoms with Gasteiger partial charge in [-0.2, -0.15) is 0 Å². The average Bonchev–Trinajstić information content (AvgIpc) is 2.63. The minimum absolute atomic E-state index is 0.217. The summed E-state index contributed by atoms with van der Waals surface area (Å²) < 4.78 is 1.87. The molecule has 15 heavy (non-hydrogen) atoms. The van der Waals surface area contributed by atoms with Crippen LogP contribution < -0.4 is 5.32 Å². The highest BCUT2D eigenvalue weighted by molar-refractivity contribution is 4.89. The Morgan fingerprint density at radius 1 is 1.33 bits per heavy atom. The molecule has 1 unspecified atom stereocenters. The van der Waals surface area contributed by atoms with E-state index in [4.69, 9.17) is 0 Å². The SMILES string of the molecule is CCCn1nnnc1C(C)NCC(C)C. The van der Waals surface area contributed by atoms with Gasteiger partial charge in [-0.3, -0.25) is 0 Å². The van der Waals surface area contributed by atoms with E-state index < -0.39 is 0 Å². The quantitative estimate of drug-likeness (QED) is 0.772. The Bertz CT molecular complexity index is 281. The maximum absolute atomic E-state index is 4.05. The van der Waals surface area contributed by atoms with Gasteiger partial charge >= 0.3 is 0 Å². The molecule has 1 aromatic heterocycles. The van der Waals surface area contributed by atoms with E-state index in [1.165, 1.54) is 0 Å². The van der Waals surface area contributed by atoms with Gasteiger partial charge in [0, 0.05) is 6.54 Å². The Hall–Kier alpha value is -0.970. The van der Waals surface area contributed by atoms with Gasteiger partial charge in [0.15, 0.2) is 5.82 Å². The van der Waals surface area contributed by atoms with Crippen molar-refractivity contribution < 1.29 is 0 Å². The van der Waals surface area contributed by atoms with Gasteiger partial charge in [0.05, 0.1) is 6.04 Å². The number of rotatable bonds is 6. The van der Waals surface area contributed by atoms with Gasteiger partial charge in [0.2, 0.25) is 0 Å². The van der Waals surface area contributed by atoms with E-state index in [0.29, 0.717) is 5.92 Å². The number of hydrogen-bond acceptors (Lipinski definition) is 4. The molecule has 0 fully saturated rings. The molecule has 1 aromatic rings. The summed E-state index contributed by atoms with van der Waals surface area (Å²) in [5, 5.41) is 15.2. The third-order valence-corrected chi connectivity index (χ3v) is 2.21. The van der Waals surface area contributed by atoms with Crippen LogP contribution in [0.2, 0.25) is 0 Å². The number of nitrogens with one attached hydrogen (secondary N) is 1. The first-order chi connectivity index (χ1) is 7.15. The predicted molar refractivity (Wildman–Crippen MR) is 59.4 cm³/mol. The summed E-state index contributed by atoms with van der Waals surface area (Å²) in [7, 11) is 0. The second-order valence-electron chi connectivity index (χ2n) is 4.28. The maximum atomic E-state index is 4.05. The summed E-state index contributed by atoms with van der Waals surface area (Å²) in [6.07, 6.45) is 1.05. The van der Waals surface area contributed by atoms with Gasteiger partial charge in [-0.25, -0.2) is 4.68 Å². The smallest absolute Gasteiger partial charge is 0.167 e. The van der Waals surface area contributed by atoms with Crippen LogP contribution in [0.15, 0.2) is 0 Å². The summed E-state index contributed by atoms with van der Waals surface area (Å²) in [5.41, 5.74) is 0. The number of aromatic nitrogens is 4. The standard InChI is InChI=1S/C10H21N5/c1-5-6-15-10(12-13-14-15)9(4)11-7-8(2)3/h8-9,11H,5-7H2,1-4H3. The second-order valence-corrected chi connectivity index (χ2v) is 4.28. The zero-order valence-electron chi connectivity index (χ0n) is 10.1. The van der Waals surface area contributed by atoms with Crippen molar-refractivity contribution in [2.45, 2.75) is 46.7 Å². The zero-order valence-corrected chi connectivity index (χ0v) is 10.1. The highest BCUT2D eigenvalue weighted by Gasteiger charge is 2.13. The predicted octanol–water partition coefficient (Wildman–Crippen LogP) is 1.39. The molecule has 0 aliphatic heterocycles. The molecule has 0 radical (unpaired) electrons. The van der Waals surface area contributed by atoms with Gasteiger partial charge in [0.25, 0.3) is 0 Å². The van der Waals surface area contributed by atoms with Gasteiger partial charge < -0.3 is 5.32 Å². The molecule has 0 saturated heterocycles. The number of tetrazole rings is 1. The van der Waals surface area contributed by atoms with Crippen molar-refractivity contribution in [3.8, 4) is 0 Å². The lowest BCUT2D eigenvalue weighted by Gasteiger charge is -2.14. The van der Waals surface area contributed by atoms with Crippen molar-refractivity contribution in [1.82, 2.24) is 25.5 Å². The third-order valence-electron chi connectivity index (χ3n) is 2.21. The molecule has 5 nitrogen and oxygen atoms in total. The summed E-state index contributed by atoms with van der Waals surface area (Å²) in [5.74, 6) is 1.57. The molecule has 1 N–H and O–H groups in total. The Morgan fingerprint density at radius 3 is 2.67 bits per heavy atom. The van der Waals surface area contributed by atoms with Crippen molar-refractivity contribution in [3.05, 3.63) is 5.82 Å². The first-order valence-corrected chi connectivity index (χ1v) is 5.64. The van der Waals surface area contributed by atoms with E-state index in [-0.39, 0.29) is 6.04 Å². The van der Waals surface area contributed by atoms with Crippen LogP contribution in [-0.4, -0.2) is 26.8 Å². The van der Waals surface area contributed by atoms with Gasteiger partial charge in [-0.15, -0.1) is 5.10 Å². The number of aryl methyl sites for hydroxylation is 1. The Labute approximate surface area is 91.2 Å². The fourth-order valence-corrected chi connectivity index (χ4v) is 1.40. The summed E-state index contributed by atoms with van der Waals surface area (Å²) in [6, 6.07) is 0.217. The normalized spacial score (nSPS) is 13.4. The largest absolute Gasteiger partial charge is 0.307 e. The molecule has 0 bridgehead atoms. The average molecular weight is 211 g/mol. The molecule has 0 saturated carbocycles. The summed E-state index contributed by atoms with van der Waals surface area (Å²) in [6.45, 7) is 10.5. The van der Waals surface area contributed by atoms with Crippen LogP contribution in [0.4, 0.5) is 0 Å². The molecule has 1 atom stereocenters. The third kappa shape index (κ3) is 3.58. The van der Waals surface area contributed by atoms with Crippen LogP contribution in [0, 0.1) is 5.92 Å². The first kappa shape index (κ1) is 12.1. The molecule has 0 spiro atoms. The van der Waals surface area contributed by atoms with Crippen LogP contribution in [0.3, 0.4) is 0 Å². The van der Waals surface area contributed by atoms with Gasteiger partial charge in [0.1, 0.15) is 0 Å². The maximum Gasteiger partial charge on any atom is 0.167 e. The molecule has 1 rings (SSSR count). The fraction of sp³-hybridized carbons (Fsp3) is 0.900.